The predicted molar refractivity (Wildman–Crippen MR) is 81.1 cm³/mol. The number of ether oxygens (including phenoxy) is 4. The fourth-order valence-corrected chi connectivity index (χ4v) is 2.77. The summed E-state index contributed by atoms with van der Waals surface area (Å²) in [5, 5.41) is 0. The van der Waals surface area contributed by atoms with Crippen molar-refractivity contribution in [1.29, 1.82) is 0 Å². The van der Waals surface area contributed by atoms with Gasteiger partial charge >= 0.3 is 5.97 Å². The van der Waals surface area contributed by atoms with Crippen LogP contribution in [0.2, 0.25) is 0 Å². The summed E-state index contributed by atoms with van der Waals surface area (Å²) in [6, 6.07) is 9.98. The first-order chi connectivity index (χ1) is 10.5. The molecule has 0 bridgehead atoms. The molecule has 1 fully saturated rings. The van der Waals surface area contributed by atoms with E-state index in [1.807, 2.05) is 44.2 Å². The van der Waals surface area contributed by atoms with E-state index in [9.17, 15) is 4.79 Å². The molecule has 0 aliphatic carbocycles. The lowest BCUT2D eigenvalue weighted by Crippen LogP contribution is -2.34. The van der Waals surface area contributed by atoms with Crippen LogP contribution in [0.15, 0.2) is 30.3 Å². The molecule has 0 saturated carbocycles. The predicted octanol–water partition coefficient (Wildman–Crippen LogP) is 2.53. The minimum atomic E-state index is -0.549. The molecular formula is C17H24O5. The van der Waals surface area contributed by atoms with Crippen molar-refractivity contribution in [3.8, 4) is 0 Å². The molecule has 0 aromatic heterocycles. The fourth-order valence-electron chi connectivity index (χ4n) is 2.77. The Bertz CT molecular complexity index is 475. The maximum absolute atomic E-state index is 11.2. The molecule has 0 radical (unpaired) electrons. The van der Waals surface area contributed by atoms with Crippen LogP contribution in [0.1, 0.15) is 26.3 Å². The number of carbonyl (C=O) groups excluding carboxylic acids is 1. The van der Waals surface area contributed by atoms with E-state index in [2.05, 4.69) is 0 Å². The number of hydrogen-bond donors (Lipinski definition) is 0. The molecule has 0 spiro atoms. The summed E-state index contributed by atoms with van der Waals surface area (Å²) in [6.45, 7) is 5.86. The highest BCUT2D eigenvalue weighted by molar-refractivity contribution is 5.66. The highest BCUT2D eigenvalue weighted by Gasteiger charge is 2.46. The maximum atomic E-state index is 11.2. The molecule has 5 nitrogen and oxygen atoms in total. The molecule has 1 aliphatic rings. The first-order valence-electron chi connectivity index (χ1n) is 7.54. The number of hydrogen-bond acceptors (Lipinski definition) is 5. The first kappa shape index (κ1) is 16.9. The molecule has 1 aromatic rings. The van der Waals surface area contributed by atoms with E-state index >= 15 is 0 Å². The second-order valence-corrected chi connectivity index (χ2v) is 5.64. The lowest BCUT2D eigenvalue weighted by molar-refractivity contribution is -0.184. The molecule has 2 rings (SSSR count). The number of methoxy groups -OCH3 is 1. The number of esters is 1. The first-order valence-corrected chi connectivity index (χ1v) is 7.54. The van der Waals surface area contributed by atoms with Crippen molar-refractivity contribution in [3.63, 3.8) is 0 Å². The van der Waals surface area contributed by atoms with Crippen molar-refractivity contribution in [3.05, 3.63) is 35.9 Å². The molecule has 1 aromatic carbocycles. The topological polar surface area (TPSA) is 54.0 Å². The Hall–Kier alpha value is -1.43. The average molecular weight is 308 g/mol. The second kappa shape index (κ2) is 7.72. The van der Waals surface area contributed by atoms with Gasteiger partial charge in [-0.2, -0.15) is 0 Å². The van der Waals surface area contributed by atoms with E-state index in [1.165, 1.54) is 6.92 Å². The van der Waals surface area contributed by atoms with E-state index in [-0.39, 0.29) is 24.1 Å². The lowest BCUT2D eigenvalue weighted by atomic mass is 9.97. The summed E-state index contributed by atoms with van der Waals surface area (Å²) in [5.74, 6) is -0.333. The third-order valence-electron chi connectivity index (χ3n) is 3.95. The van der Waals surface area contributed by atoms with Crippen LogP contribution in [0.25, 0.3) is 0 Å². The summed E-state index contributed by atoms with van der Waals surface area (Å²) in [6.07, 6.45) is -1.27. The normalized spacial score (nSPS) is 29.3. The Morgan fingerprint density at radius 3 is 2.59 bits per heavy atom. The Kier molecular flexibility index (Phi) is 5.94. The summed E-state index contributed by atoms with van der Waals surface area (Å²) in [5.41, 5.74) is 1.11. The van der Waals surface area contributed by atoms with Gasteiger partial charge in [0.2, 0.25) is 0 Å². The molecule has 122 valence electrons. The SMILES string of the molecule is CO[C@@H]1O[C@@H]([C@@H](C)OCc2ccccc2)[C@H](C)[C@H]1OC(C)=O. The molecule has 5 atom stereocenters. The van der Waals surface area contributed by atoms with Gasteiger partial charge in [0.1, 0.15) is 0 Å². The Morgan fingerprint density at radius 2 is 2.00 bits per heavy atom. The zero-order chi connectivity index (χ0) is 16.1. The zero-order valence-electron chi connectivity index (χ0n) is 13.5. The molecular weight excluding hydrogens is 284 g/mol. The van der Waals surface area contributed by atoms with Crippen molar-refractivity contribution < 1.29 is 23.7 Å². The lowest BCUT2D eigenvalue weighted by Gasteiger charge is -2.23. The summed E-state index contributed by atoms with van der Waals surface area (Å²) in [7, 11) is 1.55. The van der Waals surface area contributed by atoms with Gasteiger partial charge in [-0.15, -0.1) is 0 Å². The summed E-state index contributed by atoms with van der Waals surface area (Å²) < 4.78 is 22.4. The third-order valence-corrected chi connectivity index (χ3v) is 3.95. The van der Waals surface area contributed by atoms with Crippen LogP contribution >= 0.6 is 0 Å². The largest absolute Gasteiger partial charge is 0.457 e. The van der Waals surface area contributed by atoms with Crippen LogP contribution in [-0.2, 0) is 30.3 Å². The van der Waals surface area contributed by atoms with Gasteiger partial charge in [0, 0.05) is 20.0 Å². The van der Waals surface area contributed by atoms with Gasteiger partial charge in [0.05, 0.1) is 18.8 Å². The van der Waals surface area contributed by atoms with Gasteiger partial charge in [0.25, 0.3) is 0 Å². The van der Waals surface area contributed by atoms with Gasteiger partial charge in [-0.3, -0.25) is 4.79 Å². The quantitative estimate of drug-likeness (QED) is 0.756. The Morgan fingerprint density at radius 1 is 1.32 bits per heavy atom. The van der Waals surface area contributed by atoms with Crippen molar-refractivity contribution in [2.24, 2.45) is 5.92 Å². The molecule has 0 amide bonds. The van der Waals surface area contributed by atoms with Crippen molar-refractivity contribution in [2.75, 3.05) is 7.11 Å². The maximum Gasteiger partial charge on any atom is 0.303 e. The molecule has 1 aliphatic heterocycles. The molecule has 5 heteroatoms. The van der Waals surface area contributed by atoms with E-state index in [0.29, 0.717) is 6.61 Å². The third kappa shape index (κ3) is 4.06. The van der Waals surface area contributed by atoms with Crippen LogP contribution in [-0.4, -0.2) is 37.7 Å². The number of rotatable bonds is 6. The van der Waals surface area contributed by atoms with Gasteiger partial charge in [-0.05, 0) is 12.5 Å². The van der Waals surface area contributed by atoms with Gasteiger partial charge in [-0.25, -0.2) is 0 Å². The molecule has 0 unspecified atom stereocenters. The van der Waals surface area contributed by atoms with Crippen LogP contribution in [0, 0.1) is 5.92 Å². The van der Waals surface area contributed by atoms with Gasteiger partial charge in [0.15, 0.2) is 12.4 Å². The standard InChI is InChI=1S/C17H24O5/c1-11-15(22-17(19-4)16(11)21-13(3)18)12(2)20-10-14-8-6-5-7-9-14/h5-9,11-12,15-17H,10H2,1-4H3/t11-,12+,15+,16+,17+/m0/s1. The second-order valence-electron chi connectivity index (χ2n) is 5.64. The van der Waals surface area contributed by atoms with Gasteiger partial charge in [-0.1, -0.05) is 37.3 Å². The average Bonchev–Trinajstić information content (AvgIpc) is 2.82. The van der Waals surface area contributed by atoms with Crippen molar-refractivity contribution in [1.82, 2.24) is 0 Å². The zero-order valence-corrected chi connectivity index (χ0v) is 13.5. The highest BCUT2D eigenvalue weighted by Crippen LogP contribution is 2.32. The minimum absolute atomic E-state index is 0.000349. The summed E-state index contributed by atoms with van der Waals surface area (Å²) in [4.78, 5) is 11.2. The summed E-state index contributed by atoms with van der Waals surface area (Å²) >= 11 is 0. The number of carbonyl (C=O) groups is 1. The number of benzene rings is 1. The van der Waals surface area contributed by atoms with Crippen LogP contribution < -0.4 is 0 Å². The van der Waals surface area contributed by atoms with Crippen molar-refractivity contribution in [2.45, 2.75) is 52.0 Å². The van der Waals surface area contributed by atoms with E-state index < -0.39 is 12.4 Å². The fraction of sp³-hybridized carbons (Fsp3) is 0.588. The van der Waals surface area contributed by atoms with Crippen LogP contribution in [0.3, 0.4) is 0 Å². The van der Waals surface area contributed by atoms with E-state index in [1.54, 1.807) is 7.11 Å². The minimum Gasteiger partial charge on any atom is -0.457 e. The van der Waals surface area contributed by atoms with Gasteiger partial charge < -0.3 is 18.9 Å². The van der Waals surface area contributed by atoms with Crippen LogP contribution in [0.4, 0.5) is 0 Å². The van der Waals surface area contributed by atoms with Crippen molar-refractivity contribution >= 4 is 5.97 Å². The Balaban J connectivity index is 1.94. The Labute approximate surface area is 131 Å². The van der Waals surface area contributed by atoms with E-state index in [4.69, 9.17) is 18.9 Å². The molecule has 0 N–H and O–H groups in total. The molecule has 1 saturated heterocycles. The van der Waals surface area contributed by atoms with Crippen LogP contribution in [0.5, 0.6) is 0 Å². The smallest absolute Gasteiger partial charge is 0.303 e. The monoisotopic (exact) mass is 308 g/mol. The molecule has 22 heavy (non-hydrogen) atoms. The van der Waals surface area contributed by atoms with E-state index in [0.717, 1.165) is 5.56 Å². The highest BCUT2D eigenvalue weighted by atomic mass is 16.7. The molecule has 1 heterocycles.